The molecule has 2 aromatic rings. The molecule has 2 N–H and O–H groups in total. The lowest BCUT2D eigenvalue weighted by atomic mass is 9.96. The number of rotatable bonds is 7. The maximum absolute atomic E-state index is 13.3. The Hall–Kier alpha value is -3.39. The number of carboxylic acid groups (broad SMARTS) is 1. The molecule has 186 valence electrons. The van der Waals surface area contributed by atoms with Crippen molar-refractivity contribution in [2.24, 2.45) is 5.92 Å². The van der Waals surface area contributed by atoms with Crippen LogP contribution in [0.4, 0.5) is 4.79 Å². The van der Waals surface area contributed by atoms with Gasteiger partial charge in [-0.2, -0.15) is 0 Å². The molecule has 2 aromatic carbocycles. The molecule has 0 radical (unpaired) electrons. The van der Waals surface area contributed by atoms with Crippen LogP contribution in [0.1, 0.15) is 44.2 Å². The van der Waals surface area contributed by atoms with Gasteiger partial charge in [-0.25, -0.2) is 9.59 Å². The van der Waals surface area contributed by atoms with Crippen LogP contribution in [-0.4, -0.2) is 65.9 Å². The van der Waals surface area contributed by atoms with E-state index in [4.69, 9.17) is 9.47 Å². The number of hydrogen-bond donors (Lipinski definition) is 2. The maximum Gasteiger partial charge on any atom is 0.407 e. The SMILES string of the molecule is CCC(C)C(NC(=O)OCC1c2ccccc2-c2ccccc21)C(=O)N1CCOC(C)(C(=O)O)C1. The highest BCUT2D eigenvalue weighted by atomic mass is 16.5. The smallest absolute Gasteiger partial charge is 0.407 e. The third-order valence-electron chi connectivity index (χ3n) is 7.13. The zero-order chi connectivity index (χ0) is 25.2. The van der Waals surface area contributed by atoms with Gasteiger partial charge >= 0.3 is 12.1 Å². The molecule has 1 fully saturated rings. The average molecular weight is 481 g/mol. The number of hydrogen-bond acceptors (Lipinski definition) is 5. The van der Waals surface area contributed by atoms with Gasteiger partial charge in [0.05, 0.1) is 13.2 Å². The number of aliphatic carboxylic acids is 1. The molecule has 1 saturated heterocycles. The minimum atomic E-state index is -1.47. The second kappa shape index (κ2) is 10.1. The fourth-order valence-corrected chi connectivity index (χ4v) is 4.83. The topological polar surface area (TPSA) is 105 Å². The molecule has 35 heavy (non-hydrogen) atoms. The van der Waals surface area contributed by atoms with Crippen LogP contribution < -0.4 is 5.32 Å². The standard InChI is InChI=1S/C27H32N2O6/c1-4-17(2)23(24(30)29-13-14-35-27(3,16-29)25(31)32)28-26(33)34-15-22-20-11-7-5-9-18(20)19-10-6-8-12-21(19)22/h5-12,17,22-23H,4,13-16H2,1-3H3,(H,28,33)(H,31,32). The van der Waals surface area contributed by atoms with E-state index < -0.39 is 23.7 Å². The number of nitrogens with zero attached hydrogens (tertiary/aromatic N) is 1. The molecule has 8 heteroatoms. The van der Waals surface area contributed by atoms with E-state index in [1.54, 1.807) is 0 Å². The summed E-state index contributed by atoms with van der Waals surface area (Å²) in [6, 6.07) is 15.3. The Morgan fingerprint density at radius 3 is 2.31 bits per heavy atom. The van der Waals surface area contributed by atoms with Gasteiger partial charge in [0, 0.05) is 12.5 Å². The molecule has 1 aliphatic heterocycles. The van der Waals surface area contributed by atoms with Gasteiger partial charge in [-0.15, -0.1) is 0 Å². The van der Waals surface area contributed by atoms with E-state index in [0.717, 1.165) is 22.3 Å². The van der Waals surface area contributed by atoms with Gasteiger partial charge in [-0.05, 0) is 35.1 Å². The molecular formula is C27H32N2O6. The first-order valence-corrected chi connectivity index (χ1v) is 12.0. The van der Waals surface area contributed by atoms with Crippen LogP contribution in [-0.2, 0) is 19.1 Å². The number of carboxylic acids is 1. The number of morpholine rings is 1. The van der Waals surface area contributed by atoms with Crippen LogP contribution in [0.15, 0.2) is 48.5 Å². The van der Waals surface area contributed by atoms with E-state index in [9.17, 15) is 19.5 Å². The summed E-state index contributed by atoms with van der Waals surface area (Å²) in [7, 11) is 0. The van der Waals surface area contributed by atoms with Crippen molar-refractivity contribution in [2.45, 2.75) is 44.8 Å². The molecule has 0 saturated carbocycles. The Balaban J connectivity index is 1.44. The van der Waals surface area contributed by atoms with Gasteiger partial charge in [0.2, 0.25) is 5.91 Å². The van der Waals surface area contributed by atoms with Crippen LogP contribution >= 0.6 is 0 Å². The minimum Gasteiger partial charge on any atom is -0.479 e. The summed E-state index contributed by atoms with van der Waals surface area (Å²) in [5.74, 6) is -1.70. The van der Waals surface area contributed by atoms with Gasteiger partial charge in [0.25, 0.3) is 0 Å². The second-order valence-electron chi connectivity index (χ2n) is 9.48. The van der Waals surface area contributed by atoms with Crippen molar-refractivity contribution in [1.29, 1.82) is 0 Å². The molecule has 0 bridgehead atoms. The van der Waals surface area contributed by atoms with Crippen molar-refractivity contribution in [1.82, 2.24) is 10.2 Å². The van der Waals surface area contributed by atoms with Crippen molar-refractivity contribution in [3.8, 4) is 11.1 Å². The highest BCUT2D eigenvalue weighted by Gasteiger charge is 2.43. The first kappa shape index (κ1) is 24.7. The molecule has 8 nitrogen and oxygen atoms in total. The van der Waals surface area contributed by atoms with Crippen molar-refractivity contribution in [2.75, 3.05) is 26.3 Å². The average Bonchev–Trinajstić information content (AvgIpc) is 3.19. The van der Waals surface area contributed by atoms with E-state index in [2.05, 4.69) is 17.4 Å². The van der Waals surface area contributed by atoms with Crippen LogP contribution in [0.3, 0.4) is 0 Å². The normalized spacial score (nSPS) is 20.9. The first-order chi connectivity index (χ1) is 16.7. The zero-order valence-electron chi connectivity index (χ0n) is 20.3. The number of ether oxygens (including phenoxy) is 2. The third-order valence-corrected chi connectivity index (χ3v) is 7.13. The van der Waals surface area contributed by atoms with E-state index in [0.29, 0.717) is 6.42 Å². The van der Waals surface area contributed by atoms with Gasteiger partial charge in [-0.3, -0.25) is 4.79 Å². The van der Waals surface area contributed by atoms with Gasteiger partial charge < -0.3 is 24.8 Å². The molecule has 2 amide bonds. The van der Waals surface area contributed by atoms with Gasteiger partial charge in [0.15, 0.2) is 5.60 Å². The summed E-state index contributed by atoms with van der Waals surface area (Å²) < 4.78 is 11.0. The quantitative estimate of drug-likeness (QED) is 0.627. The molecular weight excluding hydrogens is 448 g/mol. The van der Waals surface area contributed by atoms with E-state index in [-0.39, 0.29) is 44.0 Å². The molecule has 1 aliphatic carbocycles. The van der Waals surface area contributed by atoms with Crippen LogP contribution in [0, 0.1) is 5.92 Å². The molecule has 0 spiro atoms. The lowest BCUT2D eigenvalue weighted by molar-refractivity contribution is -0.177. The predicted octanol–water partition coefficient (Wildman–Crippen LogP) is 3.64. The molecule has 3 unspecified atom stereocenters. The Morgan fingerprint density at radius 1 is 1.14 bits per heavy atom. The molecule has 2 aliphatic rings. The summed E-state index contributed by atoms with van der Waals surface area (Å²) in [4.78, 5) is 39.3. The van der Waals surface area contributed by atoms with Crippen molar-refractivity contribution in [3.05, 3.63) is 59.7 Å². The predicted molar refractivity (Wildman–Crippen MR) is 130 cm³/mol. The number of nitrogens with one attached hydrogen (secondary N) is 1. The molecule has 0 aromatic heterocycles. The van der Waals surface area contributed by atoms with Crippen LogP contribution in [0.2, 0.25) is 0 Å². The Labute approximate surface area is 205 Å². The Bertz CT molecular complexity index is 1070. The molecule has 3 atom stereocenters. The molecule has 4 rings (SSSR count). The summed E-state index contributed by atoms with van der Waals surface area (Å²) in [5, 5.41) is 12.2. The summed E-state index contributed by atoms with van der Waals surface area (Å²) in [5.41, 5.74) is 3.02. The van der Waals surface area contributed by atoms with Crippen LogP contribution in [0.25, 0.3) is 11.1 Å². The largest absolute Gasteiger partial charge is 0.479 e. The number of carbonyl (C=O) groups is 3. The number of fused-ring (bicyclic) bond motifs is 3. The lowest BCUT2D eigenvalue weighted by Crippen LogP contribution is -2.60. The number of alkyl carbamates (subject to hydrolysis) is 1. The second-order valence-corrected chi connectivity index (χ2v) is 9.48. The van der Waals surface area contributed by atoms with Crippen molar-refractivity contribution < 1.29 is 29.0 Å². The monoisotopic (exact) mass is 480 g/mol. The highest BCUT2D eigenvalue weighted by molar-refractivity contribution is 5.87. The molecule has 1 heterocycles. The third kappa shape index (κ3) is 4.89. The number of benzene rings is 2. The fourth-order valence-electron chi connectivity index (χ4n) is 4.83. The highest BCUT2D eigenvalue weighted by Crippen LogP contribution is 2.44. The first-order valence-electron chi connectivity index (χ1n) is 12.0. The summed E-state index contributed by atoms with van der Waals surface area (Å²) in [6.07, 6.45) is -0.0135. The number of amides is 2. The Kier molecular flexibility index (Phi) is 7.12. The fraction of sp³-hybridized carbons (Fsp3) is 0.444. The lowest BCUT2D eigenvalue weighted by Gasteiger charge is -2.39. The van der Waals surface area contributed by atoms with Crippen molar-refractivity contribution >= 4 is 18.0 Å². The van der Waals surface area contributed by atoms with Gasteiger partial charge in [0.1, 0.15) is 12.6 Å². The summed E-state index contributed by atoms with van der Waals surface area (Å²) in [6.45, 7) is 5.71. The summed E-state index contributed by atoms with van der Waals surface area (Å²) >= 11 is 0. The Morgan fingerprint density at radius 2 is 1.74 bits per heavy atom. The minimum absolute atomic E-state index is 0.0820. The van der Waals surface area contributed by atoms with E-state index in [1.165, 1.54) is 11.8 Å². The van der Waals surface area contributed by atoms with E-state index >= 15 is 0 Å². The van der Waals surface area contributed by atoms with Crippen molar-refractivity contribution in [3.63, 3.8) is 0 Å². The number of carbonyl (C=O) groups excluding carboxylic acids is 2. The zero-order valence-corrected chi connectivity index (χ0v) is 20.3. The van der Waals surface area contributed by atoms with Crippen LogP contribution in [0.5, 0.6) is 0 Å². The van der Waals surface area contributed by atoms with E-state index in [1.807, 2.05) is 50.2 Å². The maximum atomic E-state index is 13.3. The van der Waals surface area contributed by atoms with Gasteiger partial charge in [-0.1, -0.05) is 68.8 Å².